The normalized spacial score (nSPS) is 12.9. The highest BCUT2D eigenvalue weighted by Gasteiger charge is 2.26. The van der Waals surface area contributed by atoms with Crippen molar-refractivity contribution >= 4 is 32.9 Å². The first-order valence-electron chi connectivity index (χ1n) is 5.80. The fourth-order valence-electron chi connectivity index (χ4n) is 1.70. The molecule has 0 aromatic heterocycles. The van der Waals surface area contributed by atoms with Gasteiger partial charge in [0.15, 0.2) is 0 Å². The number of thiocarbonyl (C=S) groups is 1. The van der Waals surface area contributed by atoms with Gasteiger partial charge in [-0.25, -0.2) is 8.42 Å². The van der Waals surface area contributed by atoms with Gasteiger partial charge in [-0.1, -0.05) is 37.3 Å². The largest absolute Gasteiger partial charge is 0.392 e. The second-order valence-corrected chi connectivity index (χ2v) is 6.37. The van der Waals surface area contributed by atoms with Gasteiger partial charge in [-0.2, -0.15) is 0 Å². The Morgan fingerprint density at radius 3 is 2.63 bits per heavy atom. The number of anilines is 1. The average Bonchev–Trinajstić information content (AvgIpc) is 2.31. The van der Waals surface area contributed by atoms with Gasteiger partial charge in [0, 0.05) is 12.7 Å². The lowest BCUT2D eigenvalue weighted by molar-refractivity contribution is 0.185. The van der Waals surface area contributed by atoms with Crippen molar-refractivity contribution in [1.82, 2.24) is 0 Å². The van der Waals surface area contributed by atoms with Crippen molar-refractivity contribution in [3.8, 4) is 0 Å². The van der Waals surface area contributed by atoms with Crippen LogP contribution in [0.15, 0.2) is 24.3 Å². The molecule has 106 valence electrons. The molecule has 19 heavy (non-hydrogen) atoms. The second kappa shape index (κ2) is 6.83. The molecule has 0 saturated carbocycles. The molecule has 1 unspecified atom stereocenters. The van der Waals surface area contributed by atoms with Crippen molar-refractivity contribution in [2.24, 2.45) is 5.73 Å². The minimum Gasteiger partial charge on any atom is -0.392 e. The molecule has 0 saturated heterocycles. The van der Waals surface area contributed by atoms with Crippen LogP contribution in [0.5, 0.6) is 0 Å². The lowest BCUT2D eigenvalue weighted by Crippen LogP contribution is -2.37. The van der Waals surface area contributed by atoms with Crippen LogP contribution in [0.4, 0.5) is 5.69 Å². The quantitative estimate of drug-likeness (QED) is 0.748. The SMILES string of the molecule is CCC(C(N)=S)S(=O)(=O)Nc1ccccc1COC. The van der Waals surface area contributed by atoms with E-state index in [0.29, 0.717) is 18.7 Å². The van der Waals surface area contributed by atoms with E-state index in [-0.39, 0.29) is 4.99 Å². The van der Waals surface area contributed by atoms with Crippen LogP contribution in [-0.2, 0) is 21.4 Å². The number of rotatable bonds is 7. The second-order valence-electron chi connectivity index (χ2n) is 4.04. The van der Waals surface area contributed by atoms with Gasteiger partial charge in [0.25, 0.3) is 0 Å². The van der Waals surface area contributed by atoms with Gasteiger partial charge in [0.1, 0.15) is 5.25 Å². The van der Waals surface area contributed by atoms with Gasteiger partial charge in [-0.05, 0) is 12.5 Å². The van der Waals surface area contributed by atoms with E-state index >= 15 is 0 Å². The summed E-state index contributed by atoms with van der Waals surface area (Å²) in [7, 11) is -2.09. The number of hydrogen-bond donors (Lipinski definition) is 2. The Hall–Kier alpha value is -1.18. The van der Waals surface area contributed by atoms with Crippen molar-refractivity contribution in [2.45, 2.75) is 25.2 Å². The summed E-state index contributed by atoms with van der Waals surface area (Å²) in [5, 5.41) is -0.877. The van der Waals surface area contributed by atoms with Crippen LogP contribution in [0.3, 0.4) is 0 Å². The molecule has 0 spiro atoms. The highest BCUT2D eigenvalue weighted by Crippen LogP contribution is 2.19. The number of nitrogens with one attached hydrogen (secondary N) is 1. The summed E-state index contributed by atoms with van der Waals surface area (Å²) in [5.41, 5.74) is 6.71. The van der Waals surface area contributed by atoms with Crippen LogP contribution >= 0.6 is 12.2 Å². The van der Waals surface area contributed by atoms with E-state index in [1.807, 2.05) is 6.07 Å². The molecule has 0 fully saturated rings. The number of para-hydroxylation sites is 1. The van der Waals surface area contributed by atoms with Crippen LogP contribution in [0, 0.1) is 0 Å². The summed E-state index contributed by atoms with van der Waals surface area (Å²) >= 11 is 4.80. The first kappa shape index (κ1) is 15.9. The molecular weight excluding hydrogens is 284 g/mol. The van der Waals surface area contributed by atoms with Gasteiger partial charge >= 0.3 is 0 Å². The molecule has 1 aromatic carbocycles. The summed E-state index contributed by atoms with van der Waals surface area (Å²) in [4.78, 5) is -0.0285. The summed E-state index contributed by atoms with van der Waals surface area (Å²) in [6, 6.07) is 7.04. The standard InChI is InChI=1S/C12H18N2O3S2/c1-3-11(12(13)18)19(15,16)14-10-7-5-4-6-9(10)8-17-2/h4-7,11,14H,3,8H2,1-2H3,(H2,13,18). The Kier molecular flexibility index (Phi) is 5.71. The fourth-order valence-corrected chi connectivity index (χ4v) is 3.64. The summed E-state index contributed by atoms with van der Waals surface area (Å²) in [5.74, 6) is 0. The van der Waals surface area contributed by atoms with Gasteiger partial charge < -0.3 is 10.5 Å². The molecule has 0 aliphatic rings. The lowest BCUT2D eigenvalue weighted by atomic mass is 10.2. The smallest absolute Gasteiger partial charge is 0.242 e. The van der Waals surface area contributed by atoms with Crippen LogP contribution < -0.4 is 10.5 Å². The van der Waals surface area contributed by atoms with Gasteiger partial charge in [-0.3, -0.25) is 4.72 Å². The molecular formula is C12H18N2O3S2. The number of methoxy groups -OCH3 is 1. The van der Waals surface area contributed by atoms with Crippen molar-refractivity contribution in [1.29, 1.82) is 0 Å². The Morgan fingerprint density at radius 1 is 1.47 bits per heavy atom. The summed E-state index contributed by atoms with van der Waals surface area (Å²) < 4.78 is 32.0. The van der Waals surface area contributed by atoms with Crippen LogP contribution in [-0.4, -0.2) is 25.8 Å². The third-order valence-corrected chi connectivity index (χ3v) is 4.91. The highest BCUT2D eigenvalue weighted by molar-refractivity contribution is 7.95. The highest BCUT2D eigenvalue weighted by atomic mass is 32.2. The van der Waals surface area contributed by atoms with Gasteiger partial charge in [-0.15, -0.1) is 0 Å². The van der Waals surface area contributed by atoms with Crippen LogP contribution in [0.2, 0.25) is 0 Å². The summed E-state index contributed by atoms with van der Waals surface area (Å²) in [6.45, 7) is 2.05. The van der Waals surface area contributed by atoms with Gasteiger partial charge in [0.2, 0.25) is 10.0 Å². The fraction of sp³-hybridized carbons (Fsp3) is 0.417. The maximum atomic E-state index is 12.2. The zero-order valence-corrected chi connectivity index (χ0v) is 12.6. The molecule has 0 bridgehead atoms. The molecule has 0 aliphatic carbocycles. The van der Waals surface area contributed by atoms with Crippen molar-refractivity contribution < 1.29 is 13.2 Å². The molecule has 1 rings (SSSR count). The number of benzene rings is 1. The van der Waals surface area contributed by atoms with E-state index in [9.17, 15) is 8.42 Å². The van der Waals surface area contributed by atoms with Crippen molar-refractivity contribution in [2.75, 3.05) is 11.8 Å². The summed E-state index contributed by atoms with van der Waals surface area (Å²) in [6.07, 6.45) is 0.330. The average molecular weight is 302 g/mol. The minimum atomic E-state index is -3.64. The monoisotopic (exact) mass is 302 g/mol. The van der Waals surface area contributed by atoms with E-state index < -0.39 is 15.3 Å². The number of ether oxygens (including phenoxy) is 1. The zero-order chi connectivity index (χ0) is 14.5. The predicted octanol–water partition coefficient (Wildman–Crippen LogP) is 1.64. The van der Waals surface area contributed by atoms with Crippen LogP contribution in [0.1, 0.15) is 18.9 Å². The third kappa shape index (κ3) is 4.15. The molecule has 0 heterocycles. The van der Waals surface area contributed by atoms with Crippen molar-refractivity contribution in [3.63, 3.8) is 0 Å². The molecule has 1 atom stereocenters. The maximum absolute atomic E-state index is 12.2. The first-order valence-corrected chi connectivity index (χ1v) is 7.75. The third-order valence-electron chi connectivity index (χ3n) is 2.63. The Morgan fingerprint density at radius 2 is 2.11 bits per heavy atom. The van der Waals surface area contributed by atoms with E-state index in [4.69, 9.17) is 22.7 Å². The van der Waals surface area contributed by atoms with Gasteiger partial charge in [0.05, 0.1) is 17.3 Å². The minimum absolute atomic E-state index is 0.0285. The predicted molar refractivity (Wildman–Crippen MR) is 80.6 cm³/mol. The molecule has 5 nitrogen and oxygen atoms in total. The molecule has 0 radical (unpaired) electrons. The van der Waals surface area contributed by atoms with Crippen LogP contribution in [0.25, 0.3) is 0 Å². The molecule has 0 aliphatic heterocycles. The molecule has 1 aromatic rings. The molecule has 7 heteroatoms. The van der Waals surface area contributed by atoms with E-state index in [1.54, 1.807) is 32.2 Å². The van der Waals surface area contributed by atoms with Crippen molar-refractivity contribution in [3.05, 3.63) is 29.8 Å². The van der Waals surface area contributed by atoms with E-state index in [0.717, 1.165) is 5.56 Å². The molecule has 0 amide bonds. The first-order chi connectivity index (χ1) is 8.92. The topological polar surface area (TPSA) is 81.4 Å². The lowest BCUT2D eigenvalue weighted by Gasteiger charge is -2.17. The number of sulfonamides is 1. The number of hydrogen-bond acceptors (Lipinski definition) is 4. The van der Waals surface area contributed by atoms with E-state index in [1.165, 1.54) is 0 Å². The Labute approximate surface area is 119 Å². The zero-order valence-electron chi connectivity index (χ0n) is 10.9. The number of nitrogens with two attached hydrogens (primary N) is 1. The maximum Gasteiger partial charge on any atom is 0.242 e. The molecule has 3 N–H and O–H groups in total. The van der Waals surface area contributed by atoms with E-state index in [2.05, 4.69) is 4.72 Å². The Bertz CT molecular complexity index is 544. The Balaban J connectivity index is 3.04.